The van der Waals surface area contributed by atoms with Crippen LogP contribution in [-0.2, 0) is 0 Å². The molecule has 212 valence electrons. The van der Waals surface area contributed by atoms with Gasteiger partial charge < -0.3 is 40.9 Å². The van der Waals surface area contributed by atoms with Gasteiger partial charge in [0.25, 0.3) is 0 Å². The third-order valence-electron chi connectivity index (χ3n) is 5.96. The van der Waals surface area contributed by atoms with E-state index >= 15 is 0 Å². The molecule has 0 aromatic rings. The van der Waals surface area contributed by atoms with Crippen molar-refractivity contribution in [3.8, 4) is 0 Å². The molecule has 8 nitrogen and oxygen atoms in total. The minimum Gasteiger partial charge on any atom is -0.390 e. The maximum atomic E-state index is 9.66. The van der Waals surface area contributed by atoms with Gasteiger partial charge in [-0.25, -0.2) is 0 Å². The van der Waals surface area contributed by atoms with Gasteiger partial charge in [-0.05, 0) is 77.0 Å². The summed E-state index contributed by atoms with van der Waals surface area (Å²) in [4.78, 5) is 0. The second-order valence-corrected chi connectivity index (χ2v) is 9.16. The van der Waals surface area contributed by atoms with E-state index in [1.165, 1.54) is 0 Å². The molecule has 0 aliphatic heterocycles. The molecule has 0 amide bonds. The summed E-state index contributed by atoms with van der Waals surface area (Å²) in [6, 6.07) is 0. The van der Waals surface area contributed by atoms with Crippen LogP contribution in [0.1, 0.15) is 77.0 Å². The van der Waals surface area contributed by atoms with Crippen LogP contribution in [0.5, 0.6) is 0 Å². The molecule has 0 spiro atoms. The van der Waals surface area contributed by atoms with E-state index in [1.807, 2.05) is 0 Å². The van der Waals surface area contributed by atoms with Crippen LogP contribution in [0.2, 0.25) is 0 Å². The molecule has 0 bridgehead atoms. The Kier molecular flexibility index (Phi) is 24.5. The zero-order valence-electron chi connectivity index (χ0n) is 21.8. The maximum absolute atomic E-state index is 9.66. The van der Waals surface area contributed by atoms with Gasteiger partial charge in [-0.3, -0.25) is 0 Å². The van der Waals surface area contributed by atoms with Crippen LogP contribution in [0.25, 0.3) is 0 Å². The molecule has 8 heteroatoms. The van der Waals surface area contributed by atoms with Gasteiger partial charge in [-0.1, -0.05) is 24.3 Å². The summed E-state index contributed by atoms with van der Waals surface area (Å²) in [5.74, 6) is 0. The van der Waals surface area contributed by atoms with Crippen LogP contribution >= 0.6 is 0 Å². The van der Waals surface area contributed by atoms with Gasteiger partial charge >= 0.3 is 0 Å². The first-order chi connectivity index (χ1) is 17.0. The molecule has 0 saturated heterocycles. The van der Waals surface area contributed by atoms with Crippen LogP contribution in [-0.4, -0.2) is 89.7 Å². The molecule has 0 aliphatic carbocycles. The highest BCUT2D eigenvalue weighted by Crippen LogP contribution is 2.15. The highest BCUT2D eigenvalue weighted by molar-refractivity contribution is 4.79. The summed E-state index contributed by atoms with van der Waals surface area (Å²) in [7, 11) is 0. The Hall–Kier alpha value is -1.36. The number of hydrogen-bond donors (Lipinski definition) is 8. The summed E-state index contributed by atoms with van der Waals surface area (Å²) >= 11 is 0. The number of rotatable bonds is 22. The third-order valence-corrected chi connectivity index (χ3v) is 5.96. The van der Waals surface area contributed by atoms with Crippen molar-refractivity contribution in [2.45, 2.75) is 126 Å². The fourth-order valence-electron chi connectivity index (χ4n) is 3.38. The summed E-state index contributed by atoms with van der Waals surface area (Å²) < 4.78 is 0. The van der Waals surface area contributed by atoms with Crippen molar-refractivity contribution in [3.05, 3.63) is 50.6 Å². The fourth-order valence-corrected chi connectivity index (χ4v) is 3.38. The Bertz CT molecular complexity index is 460. The maximum Gasteiger partial charge on any atom is 0.0802 e. The first-order valence-corrected chi connectivity index (χ1v) is 12.9. The molecule has 0 unspecified atom stereocenters. The van der Waals surface area contributed by atoms with Crippen molar-refractivity contribution >= 4 is 0 Å². The van der Waals surface area contributed by atoms with Crippen molar-refractivity contribution in [2.24, 2.45) is 0 Å². The molecule has 0 heterocycles. The molecular weight excluding hydrogens is 464 g/mol. The fraction of sp³-hybridized carbons (Fsp3) is 0.714. The van der Waals surface area contributed by atoms with Gasteiger partial charge in [0.05, 0.1) is 48.8 Å². The third kappa shape index (κ3) is 19.8. The quantitative estimate of drug-likeness (QED) is 0.102. The average Bonchev–Trinajstić information content (AvgIpc) is 2.88. The normalized spacial score (nSPS) is 17.8. The molecule has 0 radical (unpaired) electrons. The van der Waals surface area contributed by atoms with Gasteiger partial charge in [0, 0.05) is 0 Å². The van der Waals surface area contributed by atoms with Gasteiger partial charge in [-0.15, -0.1) is 26.3 Å². The van der Waals surface area contributed by atoms with Crippen molar-refractivity contribution < 1.29 is 40.9 Å². The van der Waals surface area contributed by atoms with E-state index < -0.39 is 48.8 Å². The summed E-state index contributed by atoms with van der Waals surface area (Å²) in [6.45, 7) is 14.2. The molecular formula is C28H52O8. The summed E-state index contributed by atoms with van der Waals surface area (Å²) in [6.07, 6.45) is 5.51. The van der Waals surface area contributed by atoms with Gasteiger partial charge in [-0.2, -0.15) is 0 Å². The molecule has 0 aromatic carbocycles. The lowest BCUT2D eigenvalue weighted by Crippen LogP contribution is -2.30. The Morgan fingerprint density at radius 2 is 0.444 bits per heavy atom. The van der Waals surface area contributed by atoms with Crippen molar-refractivity contribution in [3.63, 3.8) is 0 Å². The van der Waals surface area contributed by atoms with E-state index in [2.05, 4.69) is 26.3 Å². The average molecular weight is 517 g/mol. The Labute approximate surface area is 217 Å². The van der Waals surface area contributed by atoms with E-state index in [9.17, 15) is 40.9 Å². The molecule has 36 heavy (non-hydrogen) atoms. The first-order valence-electron chi connectivity index (χ1n) is 12.9. The van der Waals surface area contributed by atoms with E-state index in [-0.39, 0.29) is 25.7 Å². The predicted octanol–water partition coefficient (Wildman–Crippen LogP) is 2.29. The lowest BCUT2D eigenvalue weighted by molar-refractivity contribution is -0.0219. The lowest BCUT2D eigenvalue weighted by atomic mass is 9.98. The minimum atomic E-state index is -0.869. The number of aliphatic hydroxyl groups excluding tert-OH is 8. The smallest absolute Gasteiger partial charge is 0.0802 e. The van der Waals surface area contributed by atoms with Crippen LogP contribution < -0.4 is 0 Å². The highest BCUT2D eigenvalue weighted by atomic mass is 16.3. The second kappa shape index (κ2) is 24.0. The van der Waals surface area contributed by atoms with Crippen LogP contribution in [0, 0.1) is 0 Å². The van der Waals surface area contributed by atoms with Crippen molar-refractivity contribution in [1.82, 2.24) is 0 Å². The molecule has 0 saturated carbocycles. The monoisotopic (exact) mass is 516 g/mol. The standard InChI is InChI=1S/2C14H26O4/c2*1-3-5-7-11(15)13(17)9-10-14(18)12(16)8-6-4-2/h2*3-4,11-18H,1-2,5-10H2/t2*11-,12-,13-,14-/m00/s1. The molecule has 8 N–H and O–H groups in total. The van der Waals surface area contributed by atoms with Crippen molar-refractivity contribution in [2.75, 3.05) is 0 Å². The summed E-state index contributed by atoms with van der Waals surface area (Å²) in [5, 5.41) is 77.0. The minimum absolute atomic E-state index is 0.268. The van der Waals surface area contributed by atoms with Crippen LogP contribution in [0.15, 0.2) is 50.6 Å². The van der Waals surface area contributed by atoms with Gasteiger partial charge in [0.1, 0.15) is 0 Å². The molecule has 0 aliphatic rings. The van der Waals surface area contributed by atoms with E-state index in [0.717, 1.165) is 0 Å². The van der Waals surface area contributed by atoms with E-state index in [0.29, 0.717) is 51.4 Å². The Morgan fingerprint density at radius 3 is 0.583 bits per heavy atom. The van der Waals surface area contributed by atoms with E-state index in [4.69, 9.17) is 0 Å². The Balaban J connectivity index is 0. The van der Waals surface area contributed by atoms with Gasteiger partial charge in [0.2, 0.25) is 0 Å². The van der Waals surface area contributed by atoms with E-state index in [1.54, 1.807) is 24.3 Å². The van der Waals surface area contributed by atoms with Crippen LogP contribution in [0.3, 0.4) is 0 Å². The largest absolute Gasteiger partial charge is 0.390 e. The van der Waals surface area contributed by atoms with Crippen LogP contribution in [0.4, 0.5) is 0 Å². The molecule has 8 atom stereocenters. The lowest BCUT2D eigenvalue weighted by Gasteiger charge is -2.21. The zero-order chi connectivity index (χ0) is 27.9. The zero-order valence-corrected chi connectivity index (χ0v) is 21.8. The molecule has 0 rings (SSSR count). The van der Waals surface area contributed by atoms with Crippen molar-refractivity contribution in [1.29, 1.82) is 0 Å². The summed E-state index contributed by atoms with van der Waals surface area (Å²) in [5.41, 5.74) is 0. The second-order valence-electron chi connectivity index (χ2n) is 9.16. The topological polar surface area (TPSA) is 162 Å². The Morgan fingerprint density at radius 1 is 0.306 bits per heavy atom. The SMILES string of the molecule is C=CCC[C@H](O)[C@@H](O)CC[C@H](O)[C@@H](O)CCC=C.C=CCC[C@H](O)[C@@H](O)CC[C@H](O)[C@@H](O)CCC=C. The number of aliphatic hydroxyl groups is 8. The predicted molar refractivity (Wildman–Crippen MR) is 144 cm³/mol. The highest BCUT2D eigenvalue weighted by Gasteiger charge is 2.21. The number of hydrogen-bond acceptors (Lipinski definition) is 8. The number of allylic oxidation sites excluding steroid dienone is 4. The molecule has 0 aromatic heterocycles. The van der Waals surface area contributed by atoms with Gasteiger partial charge in [0.15, 0.2) is 0 Å². The first kappa shape index (κ1) is 36.8. The molecule has 0 fully saturated rings.